The first-order valence-electron chi connectivity index (χ1n) is 5.38. The topological polar surface area (TPSA) is 32.3 Å². The maximum Gasteiger partial charge on any atom is 0.0626 e. The highest BCUT2D eigenvalue weighted by atomic mass is 32.2. The van der Waals surface area contributed by atoms with Gasteiger partial charge in [-0.2, -0.15) is 0 Å². The zero-order chi connectivity index (χ0) is 11.1. The summed E-state index contributed by atoms with van der Waals surface area (Å²) < 4.78 is 0. The van der Waals surface area contributed by atoms with E-state index < -0.39 is 0 Å². The second-order valence-corrected chi connectivity index (χ2v) is 4.63. The largest absolute Gasteiger partial charge is 0.394 e. The Morgan fingerprint density at radius 1 is 1.27 bits per heavy atom. The molecule has 1 aromatic carbocycles. The van der Waals surface area contributed by atoms with Gasteiger partial charge >= 0.3 is 0 Å². The first-order valence-corrected chi connectivity index (χ1v) is 6.37. The van der Waals surface area contributed by atoms with Gasteiger partial charge in [0.25, 0.3) is 0 Å². The van der Waals surface area contributed by atoms with Crippen LogP contribution in [0.15, 0.2) is 29.2 Å². The number of rotatable bonds is 6. The Morgan fingerprint density at radius 2 is 1.93 bits per heavy atom. The van der Waals surface area contributed by atoms with Crippen LogP contribution in [0.2, 0.25) is 0 Å². The lowest BCUT2D eigenvalue weighted by Gasteiger charge is -2.15. The molecule has 1 aromatic rings. The first-order chi connectivity index (χ1) is 7.31. The van der Waals surface area contributed by atoms with Gasteiger partial charge in [-0.3, -0.25) is 0 Å². The zero-order valence-electron chi connectivity index (χ0n) is 9.36. The van der Waals surface area contributed by atoms with Crippen LogP contribution in [0.25, 0.3) is 0 Å². The van der Waals surface area contributed by atoms with E-state index >= 15 is 0 Å². The summed E-state index contributed by atoms with van der Waals surface area (Å²) in [6.07, 6.45) is 0. The molecule has 0 saturated heterocycles. The molecule has 0 aliphatic carbocycles. The number of aliphatic hydroxyl groups is 1. The number of aliphatic hydroxyl groups excluding tert-OH is 1. The fourth-order valence-electron chi connectivity index (χ4n) is 1.50. The van der Waals surface area contributed by atoms with Crippen molar-refractivity contribution in [1.29, 1.82) is 0 Å². The molecule has 0 aliphatic rings. The fraction of sp³-hybridized carbons (Fsp3) is 0.500. The molecular formula is C12H19NOS. The van der Waals surface area contributed by atoms with Crippen LogP contribution in [0.4, 0.5) is 0 Å². The lowest BCUT2D eigenvalue weighted by atomic mass is 10.1. The summed E-state index contributed by atoms with van der Waals surface area (Å²) in [7, 11) is 0. The number of hydrogen-bond acceptors (Lipinski definition) is 3. The van der Waals surface area contributed by atoms with Gasteiger partial charge in [-0.1, -0.05) is 26.0 Å². The Hall–Kier alpha value is -0.510. The van der Waals surface area contributed by atoms with E-state index in [1.165, 1.54) is 4.90 Å². The van der Waals surface area contributed by atoms with Crippen molar-refractivity contribution < 1.29 is 5.11 Å². The Bertz CT molecular complexity index is 273. The molecule has 0 radical (unpaired) electrons. The number of nitrogens with one attached hydrogen (secondary N) is 1. The summed E-state index contributed by atoms with van der Waals surface area (Å²) in [5.74, 6) is 1.09. The number of hydrogen-bond donors (Lipinski definition) is 2. The number of thioether (sulfide) groups is 1. The van der Waals surface area contributed by atoms with Crippen molar-refractivity contribution in [2.45, 2.75) is 24.8 Å². The monoisotopic (exact) mass is 225 g/mol. The van der Waals surface area contributed by atoms with Crippen LogP contribution in [0.5, 0.6) is 0 Å². The van der Waals surface area contributed by atoms with Crippen LogP contribution in [0.3, 0.4) is 0 Å². The number of benzene rings is 1. The smallest absolute Gasteiger partial charge is 0.0626 e. The standard InChI is InChI=1S/C12H19NOS/c1-3-13-12(9-14)10-5-7-11(8-6-10)15-4-2/h5-8,12-14H,3-4,9H2,1-2H3. The third-order valence-corrected chi connectivity index (χ3v) is 3.12. The van der Waals surface area contributed by atoms with Crippen LogP contribution < -0.4 is 5.32 Å². The number of likely N-dealkylation sites (N-methyl/N-ethyl adjacent to an activating group) is 1. The molecule has 0 aromatic heterocycles. The quantitative estimate of drug-likeness (QED) is 0.729. The average molecular weight is 225 g/mol. The summed E-state index contributed by atoms with van der Waals surface area (Å²) in [6.45, 7) is 5.21. The third-order valence-electron chi connectivity index (χ3n) is 2.23. The molecule has 2 nitrogen and oxygen atoms in total. The van der Waals surface area contributed by atoms with Gasteiger partial charge in [0.15, 0.2) is 0 Å². The minimum Gasteiger partial charge on any atom is -0.394 e. The van der Waals surface area contributed by atoms with E-state index in [4.69, 9.17) is 0 Å². The van der Waals surface area contributed by atoms with Gasteiger partial charge in [0, 0.05) is 4.90 Å². The van der Waals surface area contributed by atoms with Crippen molar-refractivity contribution >= 4 is 11.8 Å². The summed E-state index contributed by atoms with van der Waals surface area (Å²) in [5, 5.41) is 12.5. The first kappa shape index (κ1) is 12.6. The molecule has 1 unspecified atom stereocenters. The molecule has 0 amide bonds. The van der Waals surface area contributed by atoms with E-state index in [9.17, 15) is 5.11 Å². The highest BCUT2D eigenvalue weighted by Gasteiger charge is 2.07. The van der Waals surface area contributed by atoms with E-state index in [0.717, 1.165) is 17.9 Å². The van der Waals surface area contributed by atoms with Gasteiger partial charge in [0.05, 0.1) is 12.6 Å². The predicted molar refractivity (Wildman–Crippen MR) is 66.3 cm³/mol. The van der Waals surface area contributed by atoms with Gasteiger partial charge in [0.1, 0.15) is 0 Å². The van der Waals surface area contributed by atoms with E-state index in [2.05, 4.69) is 36.5 Å². The molecule has 3 heteroatoms. The Labute approximate surface area is 96.1 Å². The van der Waals surface area contributed by atoms with Crippen LogP contribution in [-0.2, 0) is 0 Å². The molecular weight excluding hydrogens is 206 g/mol. The predicted octanol–water partition coefficient (Wildman–Crippen LogP) is 2.44. The highest BCUT2D eigenvalue weighted by Crippen LogP contribution is 2.20. The summed E-state index contributed by atoms with van der Waals surface area (Å²) in [4.78, 5) is 1.29. The molecule has 15 heavy (non-hydrogen) atoms. The van der Waals surface area contributed by atoms with E-state index in [1.54, 1.807) is 0 Å². The van der Waals surface area contributed by atoms with Crippen molar-refractivity contribution in [2.24, 2.45) is 0 Å². The molecule has 84 valence electrons. The van der Waals surface area contributed by atoms with Crippen molar-refractivity contribution in [3.05, 3.63) is 29.8 Å². The van der Waals surface area contributed by atoms with Gasteiger partial charge in [-0.15, -0.1) is 11.8 Å². The minimum atomic E-state index is 0.0654. The maximum atomic E-state index is 9.22. The van der Waals surface area contributed by atoms with Gasteiger partial charge in [-0.25, -0.2) is 0 Å². The van der Waals surface area contributed by atoms with Crippen LogP contribution >= 0.6 is 11.8 Å². The minimum absolute atomic E-state index is 0.0654. The molecule has 1 rings (SSSR count). The SMILES string of the molecule is CCNC(CO)c1ccc(SCC)cc1. The summed E-state index contributed by atoms with van der Waals surface area (Å²) >= 11 is 1.83. The molecule has 0 heterocycles. The van der Waals surface area contributed by atoms with E-state index in [0.29, 0.717) is 0 Å². The Balaban J connectivity index is 2.68. The highest BCUT2D eigenvalue weighted by molar-refractivity contribution is 7.99. The molecule has 0 aliphatic heterocycles. The second-order valence-electron chi connectivity index (χ2n) is 3.29. The molecule has 0 saturated carbocycles. The molecule has 2 N–H and O–H groups in total. The third kappa shape index (κ3) is 3.86. The van der Waals surface area contributed by atoms with Crippen LogP contribution in [0, 0.1) is 0 Å². The molecule has 1 atom stereocenters. The lowest BCUT2D eigenvalue weighted by molar-refractivity contribution is 0.246. The lowest BCUT2D eigenvalue weighted by Crippen LogP contribution is -2.23. The summed E-state index contributed by atoms with van der Waals surface area (Å²) in [5.41, 5.74) is 1.15. The van der Waals surface area contributed by atoms with Crippen LogP contribution in [-0.4, -0.2) is 24.0 Å². The van der Waals surface area contributed by atoms with E-state index in [1.807, 2.05) is 18.7 Å². The normalized spacial score (nSPS) is 12.7. The second kappa shape index (κ2) is 6.88. The van der Waals surface area contributed by atoms with Crippen LogP contribution in [0.1, 0.15) is 25.5 Å². The average Bonchev–Trinajstić information content (AvgIpc) is 2.28. The van der Waals surface area contributed by atoms with E-state index in [-0.39, 0.29) is 12.6 Å². The Morgan fingerprint density at radius 3 is 2.40 bits per heavy atom. The molecule has 0 bridgehead atoms. The van der Waals surface area contributed by atoms with Crippen molar-refractivity contribution in [1.82, 2.24) is 5.32 Å². The maximum absolute atomic E-state index is 9.22. The van der Waals surface area contributed by atoms with Gasteiger partial charge < -0.3 is 10.4 Å². The van der Waals surface area contributed by atoms with Gasteiger partial charge in [0.2, 0.25) is 0 Å². The van der Waals surface area contributed by atoms with Gasteiger partial charge in [-0.05, 0) is 30.0 Å². The molecule has 0 spiro atoms. The zero-order valence-corrected chi connectivity index (χ0v) is 10.2. The van der Waals surface area contributed by atoms with Crippen molar-refractivity contribution in [2.75, 3.05) is 18.9 Å². The Kier molecular flexibility index (Phi) is 5.76. The summed E-state index contributed by atoms with van der Waals surface area (Å²) in [6, 6.07) is 8.46. The fourth-order valence-corrected chi connectivity index (χ4v) is 2.16. The van der Waals surface area contributed by atoms with Crippen molar-refractivity contribution in [3.8, 4) is 0 Å². The molecule has 0 fully saturated rings. The van der Waals surface area contributed by atoms with Crippen molar-refractivity contribution in [3.63, 3.8) is 0 Å².